The van der Waals surface area contributed by atoms with Gasteiger partial charge in [0.1, 0.15) is 5.76 Å². The topological polar surface area (TPSA) is 72.6 Å². The Bertz CT molecular complexity index is 961. The number of allylic oxidation sites excluding steroid dienone is 7. The van der Waals surface area contributed by atoms with Gasteiger partial charge in [-0.3, -0.25) is 4.79 Å². The molecule has 180 valence electrons. The molecule has 0 bridgehead atoms. The minimum Gasteiger partial charge on any atom is -0.481 e. The summed E-state index contributed by atoms with van der Waals surface area (Å²) in [5.74, 6) is 0.652. The van der Waals surface area contributed by atoms with Gasteiger partial charge in [0.25, 0.3) is 0 Å². The quantitative estimate of drug-likeness (QED) is 0.399. The average molecular weight is 454 g/mol. The Kier molecular flexibility index (Phi) is 8.52. The monoisotopic (exact) mass is 453 g/mol. The minimum atomic E-state index is -0.687. The van der Waals surface area contributed by atoms with Gasteiger partial charge >= 0.3 is 5.97 Å². The highest BCUT2D eigenvalue weighted by Gasteiger charge is 2.34. The van der Waals surface area contributed by atoms with Crippen molar-refractivity contribution in [3.05, 3.63) is 58.9 Å². The Hall–Kier alpha value is -2.40. The Labute approximate surface area is 198 Å². The van der Waals surface area contributed by atoms with Crippen molar-refractivity contribution >= 4 is 11.5 Å². The highest BCUT2D eigenvalue weighted by molar-refractivity contribution is 5.71. The fraction of sp³-hybridized carbons (Fsp3) is 0.571. The van der Waals surface area contributed by atoms with Crippen molar-refractivity contribution in [2.45, 2.75) is 73.1 Å². The first-order valence-corrected chi connectivity index (χ1v) is 12.3. The van der Waals surface area contributed by atoms with Crippen LogP contribution in [0, 0.1) is 24.2 Å². The Balaban J connectivity index is 1.54. The second-order valence-corrected chi connectivity index (χ2v) is 9.83. The second-order valence-electron chi connectivity index (χ2n) is 9.83. The van der Waals surface area contributed by atoms with Gasteiger partial charge in [0.2, 0.25) is 5.89 Å². The van der Waals surface area contributed by atoms with Crippen LogP contribution in [0.25, 0.3) is 5.57 Å². The van der Waals surface area contributed by atoms with E-state index < -0.39 is 5.97 Å². The summed E-state index contributed by atoms with van der Waals surface area (Å²) in [4.78, 5) is 16.4. The van der Waals surface area contributed by atoms with Crippen LogP contribution in [-0.4, -0.2) is 29.3 Å². The number of hydrogen-bond acceptors (Lipinski definition) is 4. The number of aromatic nitrogens is 1. The summed E-state index contributed by atoms with van der Waals surface area (Å²) >= 11 is 0. The molecule has 5 heteroatoms. The molecule has 5 nitrogen and oxygen atoms in total. The molecule has 0 amide bonds. The van der Waals surface area contributed by atoms with Crippen molar-refractivity contribution in [3.8, 4) is 0 Å². The lowest BCUT2D eigenvalue weighted by atomic mass is 9.84. The van der Waals surface area contributed by atoms with E-state index in [9.17, 15) is 9.90 Å². The molecule has 2 atom stereocenters. The lowest BCUT2D eigenvalue weighted by Gasteiger charge is -2.21. The van der Waals surface area contributed by atoms with Crippen molar-refractivity contribution in [3.63, 3.8) is 0 Å². The second kappa shape index (κ2) is 11.1. The van der Waals surface area contributed by atoms with Crippen molar-refractivity contribution in [1.82, 2.24) is 4.98 Å². The Morgan fingerprint density at radius 2 is 2.15 bits per heavy atom. The largest absolute Gasteiger partial charge is 0.481 e. The molecule has 1 aromatic heterocycles. The number of carbonyl (C=O) groups is 1. The molecule has 1 fully saturated rings. The maximum atomic E-state index is 11.7. The van der Waals surface area contributed by atoms with Gasteiger partial charge in [0.15, 0.2) is 0 Å². The first-order chi connectivity index (χ1) is 15.8. The van der Waals surface area contributed by atoms with E-state index in [2.05, 4.69) is 51.2 Å². The first-order valence-electron chi connectivity index (χ1n) is 12.3. The number of rotatable bonds is 10. The molecule has 3 rings (SSSR count). The van der Waals surface area contributed by atoms with E-state index in [0.29, 0.717) is 31.9 Å². The van der Waals surface area contributed by atoms with Crippen LogP contribution in [0.4, 0.5) is 0 Å². The van der Waals surface area contributed by atoms with Crippen LogP contribution >= 0.6 is 0 Å². The number of oxazole rings is 1. The van der Waals surface area contributed by atoms with E-state index in [1.807, 2.05) is 13.8 Å². The highest BCUT2D eigenvalue weighted by atomic mass is 16.5. The number of carboxylic acids is 1. The van der Waals surface area contributed by atoms with E-state index in [4.69, 9.17) is 14.1 Å². The maximum absolute atomic E-state index is 11.7. The molecule has 0 saturated heterocycles. The van der Waals surface area contributed by atoms with Gasteiger partial charge in [0, 0.05) is 12.0 Å². The van der Waals surface area contributed by atoms with Gasteiger partial charge in [-0.25, -0.2) is 4.98 Å². The van der Waals surface area contributed by atoms with Crippen LogP contribution in [0.3, 0.4) is 0 Å². The van der Waals surface area contributed by atoms with Crippen molar-refractivity contribution in [2.75, 3.05) is 13.2 Å². The third-order valence-corrected chi connectivity index (χ3v) is 6.79. The predicted octanol–water partition coefficient (Wildman–Crippen LogP) is 6.70. The number of carboxylic acid groups (broad SMARTS) is 1. The molecule has 1 N–H and O–H groups in total. The zero-order valence-electron chi connectivity index (χ0n) is 20.8. The van der Waals surface area contributed by atoms with Gasteiger partial charge in [0.05, 0.1) is 24.8 Å². The minimum absolute atomic E-state index is 0.114. The summed E-state index contributed by atoms with van der Waals surface area (Å²) in [7, 11) is 0. The zero-order valence-corrected chi connectivity index (χ0v) is 20.8. The third kappa shape index (κ3) is 6.35. The number of hydrogen-bond donors (Lipinski definition) is 1. The highest BCUT2D eigenvalue weighted by Crippen LogP contribution is 2.42. The Morgan fingerprint density at radius 3 is 2.79 bits per heavy atom. The number of ether oxygens (including phenoxy) is 1. The number of nitrogens with zero attached hydrogens (tertiary/aromatic N) is 1. The van der Waals surface area contributed by atoms with E-state index >= 15 is 0 Å². The fourth-order valence-electron chi connectivity index (χ4n) is 4.80. The zero-order chi connectivity index (χ0) is 24.0. The summed E-state index contributed by atoms with van der Waals surface area (Å²) < 4.78 is 11.8. The molecular formula is C28H39NO4. The third-order valence-electron chi connectivity index (χ3n) is 6.79. The van der Waals surface area contributed by atoms with Crippen LogP contribution in [0.2, 0.25) is 0 Å². The first kappa shape index (κ1) is 25.2. The molecular weight excluding hydrogens is 414 g/mol. The molecule has 2 aliphatic rings. The van der Waals surface area contributed by atoms with Gasteiger partial charge in [-0.15, -0.1) is 0 Å². The van der Waals surface area contributed by atoms with E-state index in [0.717, 1.165) is 42.7 Å². The van der Waals surface area contributed by atoms with Crippen LogP contribution in [-0.2, 0) is 16.0 Å². The summed E-state index contributed by atoms with van der Waals surface area (Å²) in [6.45, 7) is 11.6. The average Bonchev–Trinajstić information content (AvgIpc) is 3.32. The SMILES string of the molecule is CC/C=C1\C(=C/COCCc2nc(C3=CCC(C)(C)C=C3)oc2C)CCC1C(CC)C(=O)O. The predicted molar refractivity (Wildman–Crippen MR) is 132 cm³/mol. The molecule has 2 unspecified atom stereocenters. The maximum Gasteiger partial charge on any atom is 0.307 e. The summed E-state index contributed by atoms with van der Waals surface area (Å²) in [6, 6.07) is 0. The van der Waals surface area contributed by atoms with Crippen LogP contribution in [0.15, 0.2) is 45.9 Å². The van der Waals surface area contributed by atoms with E-state index in [-0.39, 0.29) is 17.3 Å². The van der Waals surface area contributed by atoms with Crippen molar-refractivity contribution in [1.29, 1.82) is 0 Å². The molecule has 1 heterocycles. The van der Waals surface area contributed by atoms with Gasteiger partial charge in [-0.1, -0.05) is 58.1 Å². The van der Waals surface area contributed by atoms with Gasteiger partial charge < -0.3 is 14.3 Å². The fourth-order valence-corrected chi connectivity index (χ4v) is 4.80. The van der Waals surface area contributed by atoms with Crippen LogP contribution < -0.4 is 0 Å². The number of aryl methyl sites for hydroxylation is 1. The molecule has 0 radical (unpaired) electrons. The van der Waals surface area contributed by atoms with Crippen molar-refractivity contribution in [2.24, 2.45) is 17.3 Å². The van der Waals surface area contributed by atoms with Crippen LogP contribution in [0.5, 0.6) is 0 Å². The Morgan fingerprint density at radius 1 is 1.36 bits per heavy atom. The smallest absolute Gasteiger partial charge is 0.307 e. The molecule has 1 saturated carbocycles. The lowest BCUT2D eigenvalue weighted by Crippen LogP contribution is -2.22. The van der Waals surface area contributed by atoms with Crippen LogP contribution in [0.1, 0.15) is 77.1 Å². The lowest BCUT2D eigenvalue weighted by molar-refractivity contribution is -0.143. The molecule has 0 aliphatic heterocycles. The molecule has 0 spiro atoms. The van der Waals surface area contributed by atoms with Gasteiger partial charge in [-0.05, 0) is 61.5 Å². The van der Waals surface area contributed by atoms with Crippen molar-refractivity contribution < 1.29 is 19.1 Å². The summed E-state index contributed by atoms with van der Waals surface area (Å²) in [6.07, 6.45) is 15.9. The molecule has 1 aromatic rings. The standard InChI is InChI=1S/C28H39NO4/c1-6-8-23-20(9-10-24(23)22(7-2)27(30)31)13-17-32-18-14-25-19(3)33-26(29-25)21-11-15-28(4,5)16-12-21/h8,11-13,15,22,24H,6-7,9-10,14,16-18H2,1-5H3,(H,30,31)/b20-13-,23-8+. The number of aliphatic carboxylic acids is 1. The normalized spacial score (nSPS) is 23.3. The molecule has 0 aromatic carbocycles. The summed E-state index contributed by atoms with van der Waals surface area (Å²) in [5.41, 5.74) is 4.64. The van der Waals surface area contributed by atoms with E-state index in [1.165, 1.54) is 11.1 Å². The van der Waals surface area contributed by atoms with Gasteiger partial charge in [-0.2, -0.15) is 0 Å². The summed E-state index contributed by atoms with van der Waals surface area (Å²) in [5, 5.41) is 9.60. The molecule has 2 aliphatic carbocycles. The van der Waals surface area contributed by atoms with E-state index in [1.54, 1.807) is 0 Å². The molecule has 33 heavy (non-hydrogen) atoms.